The third kappa shape index (κ3) is 6.06. The summed E-state index contributed by atoms with van der Waals surface area (Å²) in [5.41, 5.74) is 0. The predicted molar refractivity (Wildman–Crippen MR) is 93.7 cm³/mol. The second-order valence-corrected chi connectivity index (χ2v) is 12.0. The summed E-state index contributed by atoms with van der Waals surface area (Å²) in [6, 6.07) is 9.30. The second-order valence-electron chi connectivity index (χ2n) is 4.43. The van der Waals surface area contributed by atoms with E-state index in [0.29, 0.717) is 0 Å². The van der Waals surface area contributed by atoms with Crippen molar-refractivity contribution in [2.75, 3.05) is 0 Å². The lowest BCUT2D eigenvalue weighted by atomic mass is 10.3. The van der Waals surface area contributed by atoms with Gasteiger partial charge in [0.25, 0.3) is 18.1 Å². The number of hydrogen-bond donors (Lipinski definition) is 0. The zero-order valence-electron chi connectivity index (χ0n) is 11.9. The second kappa shape index (κ2) is 7.34. The van der Waals surface area contributed by atoms with Gasteiger partial charge < -0.3 is 9.05 Å². The normalized spacial score (nSPS) is 12.6. The summed E-state index contributed by atoms with van der Waals surface area (Å²) in [5.74, 6) is -0.0512. The largest absolute Gasteiger partial charge is 0.530 e. The zero-order chi connectivity index (χ0) is 18.9. The highest BCUT2D eigenvalue weighted by Crippen LogP contribution is 2.53. The molecule has 0 heterocycles. The molecule has 25 heavy (non-hydrogen) atoms. The number of rotatable bonds is 6. The first-order valence-corrected chi connectivity index (χ1v) is 13.2. The molecule has 0 unspecified atom stereocenters. The SMILES string of the molecule is O=P(Cl)(Oc1ccc(S(=O)(=O)Cl)cc1)Oc1ccc(S(=O)(=O)Cl)cc1. The van der Waals surface area contributed by atoms with Gasteiger partial charge in [0.2, 0.25) is 0 Å². The molecule has 0 amide bonds. The third-order valence-corrected chi connectivity index (χ3v) is 6.65. The molecule has 2 rings (SSSR count). The van der Waals surface area contributed by atoms with Crippen molar-refractivity contribution in [1.29, 1.82) is 0 Å². The highest BCUT2D eigenvalue weighted by molar-refractivity contribution is 8.14. The molecule has 0 radical (unpaired) electrons. The van der Waals surface area contributed by atoms with Crippen LogP contribution in [0.1, 0.15) is 0 Å². The molecule has 0 fully saturated rings. The lowest BCUT2D eigenvalue weighted by Crippen LogP contribution is -1.97. The molecular weight excluding hydrogens is 458 g/mol. The zero-order valence-corrected chi connectivity index (χ0v) is 16.7. The fourth-order valence-corrected chi connectivity index (χ4v) is 4.40. The van der Waals surface area contributed by atoms with Gasteiger partial charge >= 0.3 is 6.95 Å². The van der Waals surface area contributed by atoms with Crippen LogP contribution in [0, 0.1) is 0 Å². The predicted octanol–water partition coefficient (Wildman–Crippen LogP) is 4.35. The van der Waals surface area contributed by atoms with Gasteiger partial charge in [0.05, 0.1) is 9.79 Å². The molecule has 13 heteroatoms. The van der Waals surface area contributed by atoms with E-state index in [4.69, 9.17) is 41.7 Å². The van der Waals surface area contributed by atoms with Crippen LogP contribution in [0.4, 0.5) is 0 Å². The Labute approximate surface area is 157 Å². The van der Waals surface area contributed by atoms with Gasteiger partial charge in [-0.25, -0.2) is 21.4 Å². The van der Waals surface area contributed by atoms with Crippen molar-refractivity contribution in [3.8, 4) is 11.5 Å². The molecule has 0 aliphatic carbocycles. The maximum atomic E-state index is 12.1. The van der Waals surface area contributed by atoms with Gasteiger partial charge in [0.15, 0.2) is 0 Å². The van der Waals surface area contributed by atoms with Gasteiger partial charge in [-0.15, -0.1) is 0 Å². The average Bonchev–Trinajstić information content (AvgIpc) is 2.45. The van der Waals surface area contributed by atoms with E-state index in [2.05, 4.69) is 0 Å². The Kier molecular flexibility index (Phi) is 5.98. The first-order chi connectivity index (χ1) is 11.4. The number of benzene rings is 2. The van der Waals surface area contributed by atoms with Crippen molar-refractivity contribution in [2.24, 2.45) is 0 Å². The van der Waals surface area contributed by atoms with Crippen LogP contribution >= 0.6 is 39.6 Å². The first kappa shape index (κ1) is 20.4. The summed E-state index contributed by atoms with van der Waals surface area (Å²) in [6.07, 6.45) is 0. The van der Waals surface area contributed by atoms with Crippen molar-refractivity contribution >= 4 is 57.7 Å². The van der Waals surface area contributed by atoms with Crippen molar-refractivity contribution in [3.05, 3.63) is 48.5 Å². The molecule has 2 aromatic rings. The highest BCUT2D eigenvalue weighted by Gasteiger charge is 2.25. The summed E-state index contributed by atoms with van der Waals surface area (Å²) in [4.78, 5) is -0.352. The standard InChI is InChI=1S/C12H8Cl3O7PS2/c13-23(16,21-9-1-5-11(6-2-9)24(14,17)18)22-10-3-7-12(8-4-10)25(15,19)20/h1-8H. The van der Waals surface area contributed by atoms with E-state index < -0.39 is 25.1 Å². The van der Waals surface area contributed by atoms with Crippen LogP contribution in [-0.2, 0) is 22.7 Å². The van der Waals surface area contributed by atoms with Crippen molar-refractivity contribution in [1.82, 2.24) is 0 Å². The maximum Gasteiger partial charge on any atom is 0.530 e. The van der Waals surface area contributed by atoms with Gasteiger partial charge in [-0.3, -0.25) is 0 Å². The minimum Gasteiger partial charge on any atom is -0.405 e. The van der Waals surface area contributed by atoms with E-state index in [1.54, 1.807) is 0 Å². The molecule has 0 N–H and O–H groups in total. The average molecular weight is 466 g/mol. The molecule has 0 bridgehead atoms. The van der Waals surface area contributed by atoms with Gasteiger partial charge in [0, 0.05) is 32.6 Å². The third-order valence-electron chi connectivity index (χ3n) is 2.64. The van der Waals surface area contributed by atoms with Crippen LogP contribution < -0.4 is 9.05 Å². The maximum absolute atomic E-state index is 12.1. The van der Waals surface area contributed by atoms with Crippen LogP contribution in [0.15, 0.2) is 58.3 Å². The molecule has 0 saturated heterocycles. The summed E-state index contributed by atoms with van der Waals surface area (Å²) >= 11 is 5.69. The quantitative estimate of drug-likeness (QED) is 0.461. The van der Waals surface area contributed by atoms with Gasteiger partial charge in [-0.1, -0.05) is 0 Å². The summed E-state index contributed by atoms with van der Waals surface area (Å²) in [5, 5.41) is 0. The van der Waals surface area contributed by atoms with E-state index >= 15 is 0 Å². The van der Waals surface area contributed by atoms with E-state index in [9.17, 15) is 21.4 Å². The molecule has 0 aliphatic heterocycles. The molecule has 0 atom stereocenters. The van der Waals surface area contributed by atoms with E-state index in [-0.39, 0.29) is 21.3 Å². The Hall–Kier alpha value is -0.960. The minimum absolute atomic E-state index is 0.0256. The summed E-state index contributed by atoms with van der Waals surface area (Å²) < 4.78 is 66.7. The monoisotopic (exact) mass is 464 g/mol. The summed E-state index contributed by atoms with van der Waals surface area (Å²) in [7, 11) is 2.53. The molecule has 7 nitrogen and oxygen atoms in total. The molecule has 0 saturated carbocycles. The van der Waals surface area contributed by atoms with Crippen molar-refractivity contribution in [3.63, 3.8) is 0 Å². The van der Waals surface area contributed by atoms with Crippen LogP contribution in [0.5, 0.6) is 11.5 Å². The number of hydrogen-bond acceptors (Lipinski definition) is 7. The highest BCUT2D eigenvalue weighted by atomic mass is 35.7. The van der Waals surface area contributed by atoms with Gasteiger partial charge in [-0.05, 0) is 48.5 Å². The fraction of sp³-hybridized carbons (Fsp3) is 0. The van der Waals surface area contributed by atoms with E-state index in [1.165, 1.54) is 24.3 Å². The topological polar surface area (TPSA) is 104 Å². The number of halogens is 3. The molecular formula is C12H8Cl3O7PS2. The van der Waals surface area contributed by atoms with Crippen LogP contribution in [0.3, 0.4) is 0 Å². The van der Waals surface area contributed by atoms with Crippen LogP contribution in [-0.4, -0.2) is 16.8 Å². The minimum atomic E-state index is -4.14. The van der Waals surface area contributed by atoms with Crippen LogP contribution in [0.25, 0.3) is 0 Å². The van der Waals surface area contributed by atoms with Crippen LogP contribution in [0.2, 0.25) is 0 Å². The summed E-state index contributed by atoms with van der Waals surface area (Å²) in [6.45, 7) is -4.14. The molecule has 136 valence electrons. The smallest absolute Gasteiger partial charge is 0.405 e. The van der Waals surface area contributed by atoms with Crippen molar-refractivity contribution in [2.45, 2.75) is 9.79 Å². The lowest BCUT2D eigenvalue weighted by molar-refractivity contribution is 0.406. The van der Waals surface area contributed by atoms with E-state index in [0.717, 1.165) is 24.3 Å². The molecule has 0 aromatic heterocycles. The van der Waals surface area contributed by atoms with E-state index in [1.807, 2.05) is 0 Å². The molecule has 0 spiro atoms. The van der Waals surface area contributed by atoms with Gasteiger partial charge in [0.1, 0.15) is 11.5 Å². The Morgan fingerprint density at radius 2 is 0.960 bits per heavy atom. The Morgan fingerprint density at radius 3 is 1.20 bits per heavy atom. The lowest BCUT2D eigenvalue weighted by Gasteiger charge is -2.14. The molecule has 0 aliphatic rings. The molecule has 2 aromatic carbocycles. The Balaban J connectivity index is 2.13. The van der Waals surface area contributed by atoms with Gasteiger partial charge in [-0.2, -0.15) is 0 Å². The Bertz CT molecular complexity index is 938. The van der Waals surface area contributed by atoms with Crippen molar-refractivity contribution < 1.29 is 30.4 Å². The fourth-order valence-electron chi connectivity index (χ4n) is 1.60. The Morgan fingerprint density at radius 1 is 0.680 bits per heavy atom. The first-order valence-electron chi connectivity index (χ1n) is 6.15.